The van der Waals surface area contributed by atoms with Gasteiger partial charge in [0.2, 0.25) is 5.88 Å². The number of benzene rings is 1. The zero-order valence-electron chi connectivity index (χ0n) is 16.9. The first-order valence-corrected chi connectivity index (χ1v) is 8.96. The summed E-state index contributed by atoms with van der Waals surface area (Å²) in [6.45, 7) is 16.5. The molecule has 26 heavy (non-hydrogen) atoms. The van der Waals surface area contributed by atoms with Gasteiger partial charge in [-0.1, -0.05) is 52.0 Å². The number of fused-ring (bicyclic) bond motifs is 1. The Morgan fingerprint density at radius 3 is 2.46 bits per heavy atom. The maximum Gasteiger partial charge on any atom is 0.224 e. The number of aliphatic hydroxyl groups excluding tert-OH is 1. The second kappa shape index (κ2) is 10.1. The third-order valence-corrected chi connectivity index (χ3v) is 4.58. The number of rotatable bonds is 5. The Morgan fingerprint density at radius 2 is 1.92 bits per heavy atom. The lowest BCUT2D eigenvalue weighted by atomic mass is 9.82. The number of hydrogen-bond donors (Lipinski definition) is 1. The summed E-state index contributed by atoms with van der Waals surface area (Å²) in [5.74, 6) is 1.12. The van der Waals surface area contributed by atoms with E-state index in [1.807, 2.05) is 50.3 Å². The molecule has 1 N–H and O–H groups in total. The van der Waals surface area contributed by atoms with Crippen molar-refractivity contribution in [1.29, 1.82) is 0 Å². The van der Waals surface area contributed by atoms with E-state index in [1.54, 1.807) is 0 Å². The number of aliphatic hydroxyl groups is 1. The van der Waals surface area contributed by atoms with Crippen LogP contribution in [0.15, 0.2) is 54.9 Å². The number of nitrogens with zero attached hydrogens (tertiary/aromatic N) is 2. The summed E-state index contributed by atoms with van der Waals surface area (Å²) >= 11 is 0. The molecule has 0 saturated heterocycles. The topological polar surface area (TPSA) is 55.2 Å². The highest BCUT2D eigenvalue weighted by Gasteiger charge is 2.15. The van der Waals surface area contributed by atoms with Crippen LogP contribution in [-0.2, 0) is 0 Å². The van der Waals surface area contributed by atoms with Gasteiger partial charge >= 0.3 is 0 Å². The van der Waals surface area contributed by atoms with E-state index in [-0.39, 0.29) is 6.61 Å². The van der Waals surface area contributed by atoms with Crippen molar-refractivity contribution in [2.45, 2.75) is 47.6 Å². The smallest absolute Gasteiger partial charge is 0.224 e. The molecule has 1 aromatic heterocycles. The fraction of sp³-hybridized carbons (Fsp3) is 0.455. The van der Waals surface area contributed by atoms with Gasteiger partial charge in [0, 0.05) is 0 Å². The van der Waals surface area contributed by atoms with Crippen molar-refractivity contribution in [3.8, 4) is 5.88 Å². The van der Waals surface area contributed by atoms with E-state index in [0.29, 0.717) is 17.2 Å². The Morgan fingerprint density at radius 1 is 1.27 bits per heavy atom. The molecule has 0 aliphatic rings. The highest BCUT2D eigenvalue weighted by molar-refractivity contribution is 5.82. The number of allylic oxidation sites excluding steroid dienone is 2. The van der Waals surface area contributed by atoms with Crippen LogP contribution in [0.1, 0.15) is 41.5 Å². The second-order valence-electron chi connectivity index (χ2n) is 7.45. The largest absolute Gasteiger partial charge is 0.474 e. The summed E-state index contributed by atoms with van der Waals surface area (Å²) in [6, 6.07) is 7.63. The minimum absolute atomic E-state index is 0.192. The highest BCUT2D eigenvalue weighted by Crippen LogP contribution is 2.25. The molecule has 0 saturated carbocycles. The van der Waals surface area contributed by atoms with Gasteiger partial charge in [0.15, 0.2) is 0 Å². The molecule has 0 bridgehead atoms. The van der Waals surface area contributed by atoms with Crippen molar-refractivity contribution in [2.24, 2.45) is 11.3 Å². The zero-order chi connectivity index (χ0) is 19.7. The van der Waals surface area contributed by atoms with E-state index in [4.69, 9.17) is 4.74 Å². The third-order valence-electron chi connectivity index (χ3n) is 4.58. The van der Waals surface area contributed by atoms with Crippen LogP contribution in [0, 0.1) is 11.3 Å². The Kier molecular flexibility index (Phi) is 8.46. The van der Waals surface area contributed by atoms with Crippen molar-refractivity contribution in [3.05, 3.63) is 54.9 Å². The molecule has 2 rings (SSSR count). The van der Waals surface area contributed by atoms with Gasteiger partial charge in [-0.25, -0.2) is 9.97 Å². The van der Waals surface area contributed by atoms with Crippen LogP contribution in [0.2, 0.25) is 0 Å². The standard InChI is InChI=1S/C14H16N2O2.C8H16/c1-3-10(2)13(17)8-18-14-11-6-4-5-7-12(11)15-9-16-14;1-6-7(2)8(3,4)5/h3-7,9,13,17H,8H2,1-2H3;6-7H,1H2,2-5H3/b10-3+;. The van der Waals surface area contributed by atoms with E-state index < -0.39 is 6.10 Å². The van der Waals surface area contributed by atoms with Gasteiger partial charge in [-0.15, -0.1) is 6.58 Å². The minimum Gasteiger partial charge on any atom is -0.474 e. The molecule has 0 spiro atoms. The van der Waals surface area contributed by atoms with Crippen molar-refractivity contribution in [1.82, 2.24) is 9.97 Å². The Balaban J connectivity index is 0.000000359. The van der Waals surface area contributed by atoms with Crippen LogP contribution >= 0.6 is 0 Å². The molecule has 0 fully saturated rings. The molecule has 0 aliphatic carbocycles. The first kappa shape index (κ1) is 21.8. The fourth-order valence-corrected chi connectivity index (χ4v) is 1.93. The lowest BCUT2D eigenvalue weighted by Gasteiger charge is -2.23. The van der Waals surface area contributed by atoms with E-state index in [9.17, 15) is 5.11 Å². The average molecular weight is 357 g/mol. The average Bonchev–Trinajstić information content (AvgIpc) is 2.64. The molecule has 0 amide bonds. The van der Waals surface area contributed by atoms with Gasteiger partial charge in [-0.3, -0.25) is 0 Å². The van der Waals surface area contributed by atoms with Crippen molar-refractivity contribution in [3.63, 3.8) is 0 Å². The molecule has 0 radical (unpaired) electrons. The van der Waals surface area contributed by atoms with Crippen LogP contribution in [0.4, 0.5) is 0 Å². The summed E-state index contributed by atoms with van der Waals surface area (Å²) in [5.41, 5.74) is 2.11. The van der Waals surface area contributed by atoms with Crippen LogP contribution < -0.4 is 4.74 Å². The molecule has 4 nitrogen and oxygen atoms in total. The molecule has 1 heterocycles. The highest BCUT2D eigenvalue weighted by atomic mass is 16.5. The summed E-state index contributed by atoms with van der Waals surface area (Å²) in [6.07, 6.45) is 4.72. The van der Waals surface area contributed by atoms with Gasteiger partial charge in [-0.2, -0.15) is 0 Å². The summed E-state index contributed by atoms with van der Waals surface area (Å²) in [7, 11) is 0. The lowest BCUT2D eigenvalue weighted by molar-refractivity contribution is 0.133. The number of hydrogen-bond acceptors (Lipinski definition) is 4. The summed E-state index contributed by atoms with van der Waals surface area (Å²) in [5, 5.41) is 10.7. The molecule has 142 valence electrons. The van der Waals surface area contributed by atoms with Crippen molar-refractivity contribution in [2.75, 3.05) is 6.61 Å². The van der Waals surface area contributed by atoms with E-state index >= 15 is 0 Å². The predicted octanol–water partition coefficient (Wildman–Crippen LogP) is 5.19. The molecule has 4 heteroatoms. The van der Waals surface area contributed by atoms with Crippen molar-refractivity contribution >= 4 is 10.9 Å². The third kappa shape index (κ3) is 6.60. The predicted molar refractivity (Wildman–Crippen MR) is 109 cm³/mol. The molecule has 2 atom stereocenters. The number of ether oxygens (including phenoxy) is 1. The molecule has 1 aromatic carbocycles. The number of para-hydroxylation sites is 1. The Hall–Kier alpha value is -2.20. The summed E-state index contributed by atoms with van der Waals surface area (Å²) < 4.78 is 5.56. The molecule has 0 aliphatic heterocycles. The van der Waals surface area contributed by atoms with Crippen LogP contribution in [0.25, 0.3) is 10.9 Å². The summed E-state index contributed by atoms with van der Waals surface area (Å²) in [4.78, 5) is 8.26. The Labute approximate surface area is 157 Å². The monoisotopic (exact) mass is 356 g/mol. The van der Waals surface area contributed by atoms with Crippen LogP contribution in [0.3, 0.4) is 0 Å². The quantitative estimate of drug-likeness (QED) is 0.749. The van der Waals surface area contributed by atoms with Gasteiger partial charge in [0.25, 0.3) is 0 Å². The molecule has 2 aromatic rings. The van der Waals surface area contributed by atoms with Crippen molar-refractivity contribution < 1.29 is 9.84 Å². The second-order valence-corrected chi connectivity index (χ2v) is 7.45. The SMILES string of the molecule is C/C=C(\C)C(O)COc1ncnc2ccccc12.C=CC(C)C(C)(C)C. The van der Waals surface area contributed by atoms with Gasteiger partial charge in [0.05, 0.1) is 10.9 Å². The molecular formula is C22H32N2O2. The lowest BCUT2D eigenvalue weighted by Crippen LogP contribution is -2.19. The van der Waals surface area contributed by atoms with E-state index in [0.717, 1.165) is 16.5 Å². The van der Waals surface area contributed by atoms with Gasteiger partial charge in [-0.05, 0) is 42.9 Å². The number of aromatic nitrogens is 2. The molecular weight excluding hydrogens is 324 g/mol. The first-order valence-electron chi connectivity index (χ1n) is 8.96. The maximum absolute atomic E-state index is 9.81. The van der Waals surface area contributed by atoms with E-state index in [1.165, 1.54) is 6.33 Å². The minimum atomic E-state index is -0.608. The van der Waals surface area contributed by atoms with Crippen LogP contribution in [-0.4, -0.2) is 27.8 Å². The normalized spacial score (nSPS) is 14.2. The Bertz CT molecular complexity index is 727. The van der Waals surface area contributed by atoms with E-state index in [2.05, 4.69) is 44.2 Å². The van der Waals surface area contributed by atoms with Gasteiger partial charge < -0.3 is 9.84 Å². The van der Waals surface area contributed by atoms with Crippen LogP contribution in [0.5, 0.6) is 5.88 Å². The first-order chi connectivity index (χ1) is 12.2. The fourth-order valence-electron chi connectivity index (χ4n) is 1.93. The maximum atomic E-state index is 9.81. The molecule has 2 unspecified atom stereocenters. The van der Waals surface area contributed by atoms with Gasteiger partial charge in [0.1, 0.15) is 19.0 Å². The zero-order valence-corrected chi connectivity index (χ0v) is 16.9.